The molecule has 0 saturated carbocycles. The third-order valence-electron chi connectivity index (χ3n) is 4.04. The topological polar surface area (TPSA) is 21.3 Å². The van der Waals surface area contributed by atoms with Gasteiger partial charge in [0.15, 0.2) is 0 Å². The second kappa shape index (κ2) is 9.09. The Bertz CT molecular complexity index is 383. The molecule has 21 heavy (non-hydrogen) atoms. The SMILES string of the molecule is CCCCCC(C)(C)CNC(C)c1ccc(OCC)cc1. The Morgan fingerprint density at radius 1 is 1.10 bits per heavy atom. The minimum absolute atomic E-state index is 0.370. The maximum absolute atomic E-state index is 5.49. The number of benzene rings is 1. The van der Waals surface area contributed by atoms with Crippen LogP contribution in [0, 0.1) is 5.41 Å². The van der Waals surface area contributed by atoms with E-state index < -0.39 is 0 Å². The first-order valence-electron chi connectivity index (χ1n) is 8.44. The Hall–Kier alpha value is -1.02. The van der Waals surface area contributed by atoms with Crippen LogP contribution in [0.15, 0.2) is 24.3 Å². The van der Waals surface area contributed by atoms with Crippen LogP contribution in [0.4, 0.5) is 0 Å². The van der Waals surface area contributed by atoms with Crippen LogP contribution in [0.5, 0.6) is 5.75 Å². The van der Waals surface area contributed by atoms with E-state index in [0.717, 1.165) is 18.9 Å². The van der Waals surface area contributed by atoms with Crippen molar-refractivity contribution in [2.75, 3.05) is 13.2 Å². The third-order valence-corrected chi connectivity index (χ3v) is 4.04. The minimum Gasteiger partial charge on any atom is -0.494 e. The van der Waals surface area contributed by atoms with Gasteiger partial charge < -0.3 is 10.1 Å². The molecule has 1 aromatic rings. The van der Waals surface area contributed by atoms with Crippen molar-refractivity contribution in [2.45, 2.75) is 66.3 Å². The van der Waals surface area contributed by atoms with Gasteiger partial charge in [-0.3, -0.25) is 0 Å². The Labute approximate surface area is 131 Å². The molecule has 0 spiro atoms. The largest absolute Gasteiger partial charge is 0.494 e. The zero-order chi connectivity index (χ0) is 15.7. The van der Waals surface area contributed by atoms with Crippen LogP contribution in [-0.2, 0) is 0 Å². The number of hydrogen-bond acceptors (Lipinski definition) is 2. The van der Waals surface area contributed by atoms with E-state index in [1.807, 2.05) is 6.92 Å². The first-order chi connectivity index (χ1) is 9.98. The van der Waals surface area contributed by atoms with Gasteiger partial charge in [0.05, 0.1) is 6.61 Å². The normalized spacial score (nSPS) is 13.2. The van der Waals surface area contributed by atoms with Gasteiger partial charge in [0.1, 0.15) is 5.75 Å². The van der Waals surface area contributed by atoms with Crippen molar-refractivity contribution in [2.24, 2.45) is 5.41 Å². The molecule has 1 aromatic carbocycles. The molecule has 0 saturated heterocycles. The first-order valence-corrected chi connectivity index (χ1v) is 8.44. The molecule has 0 aliphatic carbocycles. The molecule has 0 radical (unpaired) electrons. The Morgan fingerprint density at radius 2 is 1.76 bits per heavy atom. The van der Waals surface area contributed by atoms with Crippen molar-refractivity contribution >= 4 is 0 Å². The lowest BCUT2D eigenvalue weighted by atomic mass is 9.86. The van der Waals surface area contributed by atoms with Crippen molar-refractivity contribution < 1.29 is 4.74 Å². The van der Waals surface area contributed by atoms with Gasteiger partial charge in [-0.2, -0.15) is 0 Å². The maximum atomic E-state index is 5.49. The minimum atomic E-state index is 0.370. The lowest BCUT2D eigenvalue weighted by Crippen LogP contribution is -2.31. The summed E-state index contributed by atoms with van der Waals surface area (Å²) in [4.78, 5) is 0. The molecule has 0 amide bonds. The van der Waals surface area contributed by atoms with E-state index in [2.05, 4.69) is 57.3 Å². The predicted octanol–water partition coefficient (Wildman–Crippen LogP) is 5.34. The van der Waals surface area contributed by atoms with Crippen molar-refractivity contribution in [1.82, 2.24) is 5.32 Å². The Kier molecular flexibility index (Phi) is 7.81. The average molecular weight is 291 g/mol. The number of unbranched alkanes of at least 4 members (excludes halogenated alkanes) is 2. The lowest BCUT2D eigenvalue weighted by molar-refractivity contribution is 0.290. The van der Waals surface area contributed by atoms with E-state index in [9.17, 15) is 0 Å². The smallest absolute Gasteiger partial charge is 0.119 e. The van der Waals surface area contributed by atoms with Gasteiger partial charge in [-0.1, -0.05) is 52.2 Å². The van der Waals surface area contributed by atoms with Gasteiger partial charge in [0.2, 0.25) is 0 Å². The van der Waals surface area contributed by atoms with Gasteiger partial charge in [0.25, 0.3) is 0 Å². The first kappa shape index (κ1) is 18.0. The molecule has 0 heterocycles. The van der Waals surface area contributed by atoms with Crippen LogP contribution < -0.4 is 10.1 Å². The molecular weight excluding hydrogens is 258 g/mol. The predicted molar refractivity (Wildman–Crippen MR) is 92.0 cm³/mol. The molecular formula is C19H33NO. The third kappa shape index (κ3) is 6.99. The fraction of sp³-hybridized carbons (Fsp3) is 0.684. The monoisotopic (exact) mass is 291 g/mol. The number of hydrogen-bond donors (Lipinski definition) is 1. The molecule has 0 aliphatic rings. The number of rotatable bonds is 10. The highest BCUT2D eigenvalue weighted by Gasteiger charge is 2.18. The summed E-state index contributed by atoms with van der Waals surface area (Å²) in [6, 6.07) is 8.82. The number of ether oxygens (including phenoxy) is 1. The van der Waals surface area contributed by atoms with E-state index in [-0.39, 0.29) is 0 Å². The molecule has 120 valence electrons. The van der Waals surface area contributed by atoms with Crippen molar-refractivity contribution in [3.8, 4) is 5.75 Å². The molecule has 1 N–H and O–H groups in total. The summed E-state index contributed by atoms with van der Waals surface area (Å²) in [5.41, 5.74) is 1.69. The van der Waals surface area contributed by atoms with Crippen LogP contribution in [-0.4, -0.2) is 13.2 Å². The maximum Gasteiger partial charge on any atom is 0.119 e. The van der Waals surface area contributed by atoms with E-state index in [4.69, 9.17) is 4.74 Å². The lowest BCUT2D eigenvalue weighted by Gasteiger charge is -2.27. The summed E-state index contributed by atoms with van der Waals surface area (Å²) in [5, 5.41) is 3.68. The summed E-state index contributed by atoms with van der Waals surface area (Å²) in [5.74, 6) is 0.952. The van der Waals surface area contributed by atoms with E-state index >= 15 is 0 Å². The van der Waals surface area contributed by atoms with E-state index in [0.29, 0.717) is 11.5 Å². The fourth-order valence-electron chi connectivity index (χ4n) is 2.51. The molecule has 1 unspecified atom stereocenters. The van der Waals surface area contributed by atoms with Crippen LogP contribution in [0.25, 0.3) is 0 Å². The molecule has 1 rings (SSSR count). The molecule has 2 nitrogen and oxygen atoms in total. The fourth-order valence-corrected chi connectivity index (χ4v) is 2.51. The van der Waals surface area contributed by atoms with Crippen molar-refractivity contribution in [1.29, 1.82) is 0 Å². The average Bonchev–Trinajstić information content (AvgIpc) is 2.46. The summed E-state index contributed by atoms with van der Waals surface area (Å²) in [7, 11) is 0. The molecule has 0 aliphatic heterocycles. The highest BCUT2D eigenvalue weighted by molar-refractivity contribution is 5.28. The van der Waals surface area contributed by atoms with E-state index in [1.165, 1.54) is 31.2 Å². The molecule has 1 atom stereocenters. The Balaban J connectivity index is 2.43. The zero-order valence-electron chi connectivity index (χ0n) is 14.5. The molecule has 2 heteroatoms. The Morgan fingerprint density at radius 3 is 2.33 bits per heavy atom. The quantitative estimate of drug-likeness (QED) is 0.587. The summed E-state index contributed by atoms with van der Waals surface area (Å²) in [6.45, 7) is 13.0. The van der Waals surface area contributed by atoms with Gasteiger partial charge in [-0.15, -0.1) is 0 Å². The standard InChI is InChI=1S/C19H33NO/c1-6-8-9-14-19(4,5)15-20-16(3)17-10-12-18(13-11-17)21-7-2/h10-13,16,20H,6-9,14-15H2,1-5H3. The zero-order valence-corrected chi connectivity index (χ0v) is 14.5. The molecule has 0 fully saturated rings. The second-order valence-electron chi connectivity index (χ2n) is 6.73. The highest BCUT2D eigenvalue weighted by atomic mass is 16.5. The second-order valence-corrected chi connectivity index (χ2v) is 6.73. The van der Waals surface area contributed by atoms with Crippen LogP contribution >= 0.6 is 0 Å². The molecule has 0 bridgehead atoms. The van der Waals surface area contributed by atoms with Crippen molar-refractivity contribution in [3.05, 3.63) is 29.8 Å². The summed E-state index contributed by atoms with van der Waals surface area (Å²) >= 11 is 0. The van der Waals surface area contributed by atoms with Crippen LogP contribution in [0.1, 0.15) is 71.9 Å². The van der Waals surface area contributed by atoms with Gasteiger partial charge >= 0.3 is 0 Å². The van der Waals surface area contributed by atoms with Gasteiger partial charge in [0, 0.05) is 12.6 Å². The van der Waals surface area contributed by atoms with Gasteiger partial charge in [-0.25, -0.2) is 0 Å². The van der Waals surface area contributed by atoms with E-state index in [1.54, 1.807) is 0 Å². The summed E-state index contributed by atoms with van der Waals surface area (Å²) in [6.07, 6.45) is 5.27. The number of nitrogens with one attached hydrogen (secondary N) is 1. The highest BCUT2D eigenvalue weighted by Crippen LogP contribution is 2.24. The van der Waals surface area contributed by atoms with Crippen molar-refractivity contribution in [3.63, 3.8) is 0 Å². The molecule has 0 aromatic heterocycles. The summed E-state index contributed by atoms with van der Waals surface area (Å²) < 4.78 is 5.49. The van der Waals surface area contributed by atoms with Gasteiger partial charge in [-0.05, 0) is 43.4 Å². The van der Waals surface area contributed by atoms with Crippen LogP contribution in [0.3, 0.4) is 0 Å². The van der Waals surface area contributed by atoms with Crippen LogP contribution in [0.2, 0.25) is 0 Å².